The predicted molar refractivity (Wildman–Crippen MR) is 104 cm³/mol. The van der Waals surface area contributed by atoms with Gasteiger partial charge in [-0.2, -0.15) is 5.10 Å². The second-order valence-corrected chi connectivity index (χ2v) is 6.96. The van der Waals surface area contributed by atoms with E-state index in [0.717, 1.165) is 35.4 Å². The highest BCUT2D eigenvalue weighted by molar-refractivity contribution is 9.10. The zero-order chi connectivity index (χ0) is 17.0. The van der Waals surface area contributed by atoms with Gasteiger partial charge in [0.25, 0.3) is 0 Å². The Morgan fingerprint density at radius 1 is 1.26 bits per heavy atom. The smallest absolute Gasteiger partial charge is 0.170 e. The topological polar surface area (TPSA) is 41.9 Å². The molecular formula is C17H23BrN4S. The van der Waals surface area contributed by atoms with Crippen molar-refractivity contribution < 1.29 is 0 Å². The first-order valence-corrected chi connectivity index (χ1v) is 8.90. The Bertz CT molecular complexity index is 709. The van der Waals surface area contributed by atoms with Gasteiger partial charge in [0.1, 0.15) is 0 Å². The first-order chi connectivity index (χ1) is 10.9. The number of nitrogens with one attached hydrogen (secondary N) is 2. The van der Waals surface area contributed by atoms with Crippen LogP contribution in [-0.4, -0.2) is 21.4 Å². The SMILES string of the molecule is Cc1ccc(C)c(NC(=S)NCCCn2nc(C)c(Br)c2C)c1. The third kappa shape index (κ3) is 4.78. The van der Waals surface area contributed by atoms with E-state index in [1.54, 1.807) is 0 Å². The summed E-state index contributed by atoms with van der Waals surface area (Å²) in [6.07, 6.45) is 0.961. The second kappa shape index (κ2) is 7.93. The molecule has 0 atom stereocenters. The number of rotatable bonds is 5. The van der Waals surface area contributed by atoms with E-state index in [2.05, 4.69) is 70.6 Å². The molecule has 0 amide bonds. The number of anilines is 1. The molecule has 0 bridgehead atoms. The van der Waals surface area contributed by atoms with E-state index >= 15 is 0 Å². The van der Waals surface area contributed by atoms with E-state index in [1.165, 1.54) is 16.8 Å². The highest BCUT2D eigenvalue weighted by Gasteiger charge is 2.08. The molecule has 0 spiro atoms. The van der Waals surface area contributed by atoms with Crippen molar-refractivity contribution in [3.63, 3.8) is 0 Å². The van der Waals surface area contributed by atoms with Crippen LogP contribution in [0.5, 0.6) is 0 Å². The standard InChI is InChI=1S/C17H23BrN4S/c1-11-6-7-12(2)15(10-11)20-17(23)19-8-5-9-22-14(4)16(18)13(3)21-22/h6-7,10H,5,8-9H2,1-4H3,(H2,19,20,23). The van der Waals surface area contributed by atoms with E-state index in [-0.39, 0.29) is 0 Å². The van der Waals surface area contributed by atoms with Crippen LogP contribution in [0.1, 0.15) is 28.9 Å². The lowest BCUT2D eigenvalue weighted by Gasteiger charge is -2.13. The van der Waals surface area contributed by atoms with Crippen molar-refractivity contribution in [3.8, 4) is 0 Å². The van der Waals surface area contributed by atoms with Crippen molar-refractivity contribution in [1.29, 1.82) is 0 Å². The summed E-state index contributed by atoms with van der Waals surface area (Å²) < 4.78 is 3.13. The molecule has 4 nitrogen and oxygen atoms in total. The van der Waals surface area contributed by atoms with Gasteiger partial charge in [0.15, 0.2) is 5.11 Å². The summed E-state index contributed by atoms with van der Waals surface area (Å²) in [4.78, 5) is 0. The summed E-state index contributed by atoms with van der Waals surface area (Å²) >= 11 is 8.92. The maximum Gasteiger partial charge on any atom is 0.170 e. The molecule has 23 heavy (non-hydrogen) atoms. The molecule has 0 unspecified atom stereocenters. The Morgan fingerprint density at radius 2 is 2.00 bits per heavy atom. The molecule has 0 aliphatic heterocycles. The van der Waals surface area contributed by atoms with Crippen LogP contribution < -0.4 is 10.6 Å². The number of hydrogen-bond acceptors (Lipinski definition) is 2. The molecule has 1 aromatic carbocycles. The molecular weight excluding hydrogens is 372 g/mol. The van der Waals surface area contributed by atoms with Crippen molar-refractivity contribution in [2.45, 2.75) is 40.7 Å². The normalized spacial score (nSPS) is 10.7. The van der Waals surface area contributed by atoms with E-state index in [0.29, 0.717) is 5.11 Å². The Hall–Kier alpha value is -1.40. The van der Waals surface area contributed by atoms with Crippen LogP contribution in [0.2, 0.25) is 0 Å². The van der Waals surface area contributed by atoms with Crippen LogP contribution >= 0.6 is 28.1 Å². The van der Waals surface area contributed by atoms with Crippen molar-refractivity contribution in [2.75, 3.05) is 11.9 Å². The lowest BCUT2D eigenvalue weighted by atomic mass is 10.1. The Labute approximate surface area is 151 Å². The maximum absolute atomic E-state index is 5.37. The molecule has 0 saturated carbocycles. The number of halogens is 1. The van der Waals surface area contributed by atoms with Crippen LogP contribution in [0.4, 0.5) is 5.69 Å². The summed E-state index contributed by atoms with van der Waals surface area (Å²) in [6, 6.07) is 6.31. The number of hydrogen-bond donors (Lipinski definition) is 2. The van der Waals surface area contributed by atoms with Crippen molar-refractivity contribution in [2.24, 2.45) is 0 Å². The van der Waals surface area contributed by atoms with E-state index in [1.807, 2.05) is 11.6 Å². The minimum Gasteiger partial charge on any atom is -0.362 e. The lowest BCUT2D eigenvalue weighted by Crippen LogP contribution is -2.30. The molecule has 2 rings (SSSR count). The number of aromatic nitrogens is 2. The first kappa shape index (κ1) is 17.9. The number of thiocarbonyl (C=S) groups is 1. The van der Waals surface area contributed by atoms with Gasteiger partial charge in [-0.1, -0.05) is 12.1 Å². The molecule has 1 aromatic heterocycles. The molecule has 0 aliphatic carbocycles. The largest absolute Gasteiger partial charge is 0.362 e. The minimum atomic E-state index is 0.660. The molecule has 0 aliphatic rings. The molecule has 2 N–H and O–H groups in total. The predicted octanol–water partition coefficient (Wildman–Crippen LogP) is 4.26. The Balaban J connectivity index is 1.79. The molecule has 0 fully saturated rings. The fourth-order valence-electron chi connectivity index (χ4n) is 2.36. The van der Waals surface area contributed by atoms with Crippen LogP contribution in [0, 0.1) is 27.7 Å². The molecule has 6 heteroatoms. The van der Waals surface area contributed by atoms with Crippen molar-refractivity contribution >= 4 is 38.9 Å². The van der Waals surface area contributed by atoms with Gasteiger partial charge in [-0.3, -0.25) is 4.68 Å². The monoisotopic (exact) mass is 394 g/mol. The summed E-state index contributed by atoms with van der Waals surface area (Å²) in [7, 11) is 0. The van der Waals surface area contributed by atoms with E-state index in [9.17, 15) is 0 Å². The van der Waals surface area contributed by atoms with Crippen LogP contribution in [-0.2, 0) is 6.54 Å². The van der Waals surface area contributed by atoms with Crippen molar-refractivity contribution in [3.05, 3.63) is 45.2 Å². The third-order valence-electron chi connectivity index (χ3n) is 3.77. The lowest BCUT2D eigenvalue weighted by molar-refractivity contribution is 0.558. The van der Waals surface area contributed by atoms with E-state index < -0.39 is 0 Å². The van der Waals surface area contributed by atoms with Crippen LogP contribution in [0.3, 0.4) is 0 Å². The fraction of sp³-hybridized carbons (Fsp3) is 0.412. The molecule has 124 valence electrons. The van der Waals surface area contributed by atoms with Gasteiger partial charge in [0, 0.05) is 24.5 Å². The zero-order valence-corrected chi connectivity index (χ0v) is 16.4. The molecule has 0 radical (unpaired) electrons. The Morgan fingerprint density at radius 3 is 2.65 bits per heavy atom. The van der Waals surface area contributed by atoms with Gasteiger partial charge in [-0.05, 0) is 79.5 Å². The number of nitrogens with zero attached hydrogens (tertiary/aromatic N) is 2. The number of aryl methyl sites for hydroxylation is 4. The molecule has 0 saturated heterocycles. The van der Waals surface area contributed by atoms with Crippen molar-refractivity contribution in [1.82, 2.24) is 15.1 Å². The average Bonchev–Trinajstić information content (AvgIpc) is 2.75. The molecule has 2 aromatic rings. The number of benzene rings is 1. The minimum absolute atomic E-state index is 0.660. The summed E-state index contributed by atoms with van der Waals surface area (Å²) in [5.74, 6) is 0. The average molecular weight is 395 g/mol. The van der Waals surface area contributed by atoms with E-state index in [4.69, 9.17) is 12.2 Å². The summed E-state index contributed by atoms with van der Waals surface area (Å²) in [5.41, 5.74) is 5.66. The Kier molecular flexibility index (Phi) is 6.18. The maximum atomic E-state index is 5.37. The van der Waals surface area contributed by atoms with Gasteiger partial charge in [0.05, 0.1) is 10.2 Å². The highest BCUT2D eigenvalue weighted by atomic mass is 79.9. The highest BCUT2D eigenvalue weighted by Crippen LogP contribution is 2.19. The van der Waals surface area contributed by atoms with Gasteiger partial charge >= 0.3 is 0 Å². The quantitative estimate of drug-likeness (QED) is 0.587. The van der Waals surface area contributed by atoms with Crippen LogP contribution in [0.15, 0.2) is 22.7 Å². The second-order valence-electron chi connectivity index (χ2n) is 5.76. The summed E-state index contributed by atoms with van der Waals surface area (Å²) in [5, 5.41) is 11.7. The van der Waals surface area contributed by atoms with Gasteiger partial charge < -0.3 is 10.6 Å². The zero-order valence-electron chi connectivity index (χ0n) is 14.0. The molecule has 1 heterocycles. The van der Waals surface area contributed by atoms with Crippen LogP contribution in [0.25, 0.3) is 0 Å². The van der Waals surface area contributed by atoms with Gasteiger partial charge in [-0.15, -0.1) is 0 Å². The van der Waals surface area contributed by atoms with Gasteiger partial charge in [0.2, 0.25) is 0 Å². The summed E-state index contributed by atoms with van der Waals surface area (Å²) in [6.45, 7) is 9.92. The van der Waals surface area contributed by atoms with Gasteiger partial charge in [-0.25, -0.2) is 0 Å². The third-order valence-corrected chi connectivity index (χ3v) is 5.16. The first-order valence-electron chi connectivity index (χ1n) is 7.70. The fourth-order valence-corrected chi connectivity index (χ4v) is 2.86.